The van der Waals surface area contributed by atoms with Gasteiger partial charge < -0.3 is 9.84 Å². The second kappa shape index (κ2) is 4.98. The first kappa shape index (κ1) is 11.6. The molecule has 0 aliphatic carbocycles. The molecule has 1 unspecified atom stereocenters. The first-order valence-corrected chi connectivity index (χ1v) is 6.11. The number of hydrogen-bond acceptors (Lipinski definition) is 2. The maximum absolute atomic E-state index is 10.3. The predicted octanol–water partition coefficient (Wildman–Crippen LogP) is 2.51. The molecule has 1 saturated heterocycles. The van der Waals surface area contributed by atoms with E-state index in [0.717, 1.165) is 32.5 Å². The molecule has 1 fully saturated rings. The Morgan fingerprint density at radius 3 is 2.44 bits per heavy atom. The Hall–Kier alpha value is -0.860. The molecule has 88 valence electrons. The summed E-state index contributed by atoms with van der Waals surface area (Å²) in [4.78, 5) is 0. The van der Waals surface area contributed by atoms with Crippen molar-refractivity contribution in [3.8, 4) is 0 Å². The summed E-state index contributed by atoms with van der Waals surface area (Å²) in [6.07, 6.45) is 2.38. The highest BCUT2D eigenvalue weighted by molar-refractivity contribution is 5.27. The summed E-state index contributed by atoms with van der Waals surface area (Å²) >= 11 is 0. The molecule has 1 aromatic rings. The molecule has 1 N–H and O–H groups in total. The van der Waals surface area contributed by atoms with Gasteiger partial charge in [-0.05, 0) is 24.8 Å². The molecule has 0 saturated carbocycles. The summed E-state index contributed by atoms with van der Waals surface area (Å²) in [6, 6.07) is 10.4. The van der Waals surface area contributed by atoms with Crippen LogP contribution >= 0.6 is 0 Å². The van der Waals surface area contributed by atoms with E-state index in [9.17, 15) is 5.11 Å². The zero-order chi connectivity index (χ0) is 11.4. The Kier molecular flexibility index (Phi) is 3.62. The minimum absolute atomic E-state index is 0.0890. The molecular weight excluding hydrogens is 200 g/mol. The third-order valence-corrected chi connectivity index (χ3v) is 3.76. The number of aliphatic hydroxyl groups excluding tert-OH is 1. The van der Waals surface area contributed by atoms with Gasteiger partial charge in [-0.2, -0.15) is 0 Å². The average Bonchev–Trinajstić information content (AvgIpc) is 2.39. The van der Waals surface area contributed by atoms with Gasteiger partial charge in [0, 0.05) is 18.6 Å². The second-order valence-electron chi connectivity index (χ2n) is 4.56. The van der Waals surface area contributed by atoms with E-state index in [-0.39, 0.29) is 11.5 Å². The largest absolute Gasteiger partial charge is 0.392 e. The summed E-state index contributed by atoms with van der Waals surface area (Å²) in [5, 5.41) is 10.3. The van der Waals surface area contributed by atoms with Crippen molar-refractivity contribution < 1.29 is 9.84 Å². The zero-order valence-electron chi connectivity index (χ0n) is 9.86. The highest BCUT2D eigenvalue weighted by Gasteiger charge is 2.39. The van der Waals surface area contributed by atoms with E-state index >= 15 is 0 Å². The van der Waals surface area contributed by atoms with Crippen LogP contribution in [0.2, 0.25) is 0 Å². The topological polar surface area (TPSA) is 29.5 Å². The Bertz CT molecular complexity index is 315. The van der Waals surface area contributed by atoms with Crippen LogP contribution in [-0.2, 0) is 10.2 Å². The highest BCUT2D eigenvalue weighted by atomic mass is 16.5. The van der Waals surface area contributed by atoms with Crippen molar-refractivity contribution in [2.75, 3.05) is 13.2 Å². The summed E-state index contributed by atoms with van der Waals surface area (Å²) in [5.74, 6) is 0. The summed E-state index contributed by atoms with van der Waals surface area (Å²) in [6.45, 7) is 3.56. The summed E-state index contributed by atoms with van der Waals surface area (Å²) < 4.78 is 5.43. The van der Waals surface area contributed by atoms with Crippen LogP contribution < -0.4 is 0 Å². The van der Waals surface area contributed by atoms with Crippen LogP contribution in [0.25, 0.3) is 0 Å². The summed E-state index contributed by atoms with van der Waals surface area (Å²) in [7, 11) is 0. The van der Waals surface area contributed by atoms with Crippen molar-refractivity contribution in [3.63, 3.8) is 0 Å². The third-order valence-electron chi connectivity index (χ3n) is 3.76. The first-order chi connectivity index (χ1) is 7.79. The predicted molar refractivity (Wildman–Crippen MR) is 64.5 cm³/mol. The molecule has 0 spiro atoms. The maximum Gasteiger partial charge on any atom is 0.0635 e. The van der Waals surface area contributed by atoms with Gasteiger partial charge >= 0.3 is 0 Å². The molecule has 1 heterocycles. The van der Waals surface area contributed by atoms with Crippen molar-refractivity contribution in [3.05, 3.63) is 35.9 Å². The van der Waals surface area contributed by atoms with Gasteiger partial charge in [-0.25, -0.2) is 0 Å². The molecule has 0 radical (unpaired) electrons. The molecule has 1 aliphatic heterocycles. The Balaban J connectivity index is 2.34. The van der Waals surface area contributed by atoms with Gasteiger partial charge in [0.1, 0.15) is 0 Å². The van der Waals surface area contributed by atoms with Gasteiger partial charge in [-0.1, -0.05) is 37.3 Å². The lowest BCUT2D eigenvalue weighted by molar-refractivity contribution is -0.0170. The van der Waals surface area contributed by atoms with Crippen LogP contribution in [0, 0.1) is 0 Å². The smallest absolute Gasteiger partial charge is 0.0635 e. The number of ether oxygens (including phenoxy) is 1. The van der Waals surface area contributed by atoms with Gasteiger partial charge in [-0.15, -0.1) is 0 Å². The van der Waals surface area contributed by atoms with Crippen molar-refractivity contribution in [1.29, 1.82) is 0 Å². The molecule has 1 aliphatic rings. The average molecular weight is 220 g/mol. The summed E-state index contributed by atoms with van der Waals surface area (Å²) in [5.41, 5.74) is 1.17. The molecule has 2 heteroatoms. The number of hydrogen-bond donors (Lipinski definition) is 1. The van der Waals surface area contributed by atoms with Crippen LogP contribution in [0.4, 0.5) is 0 Å². The van der Waals surface area contributed by atoms with E-state index in [4.69, 9.17) is 4.74 Å². The Morgan fingerprint density at radius 1 is 1.25 bits per heavy atom. The van der Waals surface area contributed by atoms with Crippen molar-refractivity contribution in [2.24, 2.45) is 0 Å². The number of rotatable bonds is 3. The molecule has 2 nitrogen and oxygen atoms in total. The van der Waals surface area contributed by atoms with E-state index in [0.29, 0.717) is 0 Å². The minimum atomic E-state index is -0.265. The SMILES string of the molecule is CCC(O)C1(c2ccccc2)CCOCC1. The van der Waals surface area contributed by atoms with E-state index in [1.54, 1.807) is 0 Å². The molecule has 0 aromatic heterocycles. The fourth-order valence-electron chi connectivity index (χ4n) is 2.71. The van der Waals surface area contributed by atoms with Crippen LogP contribution in [-0.4, -0.2) is 24.4 Å². The lowest BCUT2D eigenvalue weighted by atomic mass is 9.69. The van der Waals surface area contributed by atoms with Gasteiger partial charge in [0.25, 0.3) is 0 Å². The minimum Gasteiger partial charge on any atom is -0.392 e. The van der Waals surface area contributed by atoms with Crippen LogP contribution in [0.5, 0.6) is 0 Å². The van der Waals surface area contributed by atoms with Crippen LogP contribution in [0.3, 0.4) is 0 Å². The molecule has 0 amide bonds. The molecule has 16 heavy (non-hydrogen) atoms. The second-order valence-corrected chi connectivity index (χ2v) is 4.56. The van der Waals surface area contributed by atoms with Crippen LogP contribution in [0.1, 0.15) is 31.7 Å². The van der Waals surface area contributed by atoms with Gasteiger partial charge in [0.05, 0.1) is 6.10 Å². The number of aliphatic hydroxyl groups is 1. The fraction of sp³-hybridized carbons (Fsp3) is 0.571. The van der Waals surface area contributed by atoms with Crippen LogP contribution in [0.15, 0.2) is 30.3 Å². The van der Waals surface area contributed by atoms with Crippen molar-refractivity contribution >= 4 is 0 Å². The molecule has 2 rings (SSSR count). The van der Waals surface area contributed by atoms with E-state index in [1.807, 2.05) is 13.0 Å². The number of benzene rings is 1. The lowest BCUT2D eigenvalue weighted by Crippen LogP contribution is -2.44. The van der Waals surface area contributed by atoms with Crippen molar-refractivity contribution in [2.45, 2.75) is 37.7 Å². The normalized spacial score (nSPS) is 21.6. The zero-order valence-corrected chi connectivity index (χ0v) is 9.86. The molecule has 1 atom stereocenters. The fourth-order valence-corrected chi connectivity index (χ4v) is 2.71. The lowest BCUT2D eigenvalue weighted by Gasteiger charge is -2.41. The first-order valence-electron chi connectivity index (χ1n) is 6.11. The Labute approximate surface area is 97.3 Å². The molecular formula is C14H20O2. The van der Waals surface area contributed by atoms with E-state index in [2.05, 4.69) is 24.3 Å². The van der Waals surface area contributed by atoms with Gasteiger partial charge in [-0.3, -0.25) is 0 Å². The molecule has 0 bridgehead atoms. The Morgan fingerprint density at radius 2 is 1.88 bits per heavy atom. The molecule has 1 aromatic carbocycles. The van der Waals surface area contributed by atoms with E-state index < -0.39 is 0 Å². The standard InChI is InChI=1S/C14H20O2/c1-2-13(15)14(8-10-16-11-9-14)12-6-4-3-5-7-12/h3-7,13,15H,2,8-11H2,1H3. The third kappa shape index (κ3) is 2.00. The van der Waals surface area contributed by atoms with Crippen molar-refractivity contribution in [1.82, 2.24) is 0 Å². The quantitative estimate of drug-likeness (QED) is 0.848. The highest BCUT2D eigenvalue weighted by Crippen LogP contribution is 2.39. The maximum atomic E-state index is 10.3. The van der Waals surface area contributed by atoms with Gasteiger partial charge in [0.2, 0.25) is 0 Å². The van der Waals surface area contributed by atoms with E-state index in [1.165, 1.54) is 5.56 Å². The monoisotopic (exact) mass is 220 g/mol. The van der Waals surface area contributed by atoms with Gasteiger partial charge in [0.15, 0.2) is 0 Å².